The van der Waals surface area contributed by atoms with Crippen LogP contribution in [0.2, 0.25) is 0 Å². The molecule has 2 nitrogen and oxygen atoms in total. The van der Waals surface area contributed by atoms with Crippen LogP contribution in [0.25, 0.3) is 0 Å². The quantitative estimate of drug-likeness (QED) is 0.534. The Morgan fingerprint density at radius 1 is 1.17 bits per heavy atom. The maximum Gasteiger partial charge on any atom is 0.0403 e. The molecule has 0 aliphatic rings. The van der Waals surface area contributed by atoms with Gasteiger partial charge in [0.1, 0.15) is 0 Å². The van der Waals surface area contributed by atoms with Gasteiger partial charge in [-0.15, -0.1) is 0 Å². The van der Waals surface area contributed by atoms with Crippen molar-refractivity contribution in [3.63, 3.8) is 0 Å². The predicted octanol–water partition coefficient (Wildman–Crippen LogP) is 3.82. The molecule has 98 valence electrons. The molecular formula is C16H24N2. The van der Waals surface area contributed by atoms with Crippen molar-refractivity contribution in [3.8, 4) is 0 Å². The van der Waals surface area contributed by atoms with Gasteiger partial charge in [-0.1, -0.05) is 37.5 Å². The lowest BCUT2D eigenvalue weighted by Crippen LogP contribution is -2.08. The van der Waals surface area contributed by atoms with Crippen molar-refractivity contribution in [1.82, 2.24) is 5.32 Å². The number of hydrogen-bond donors (Lipinski definition) is 1. The van der Waals surface area contributed by atoms with Crippen LogP contribution in [-0.2, 0) is 0 Å². The zero-order valence-corrected chi connectivity index (χ0v) is 12.0. The maximum absolute atomic E-state index is 4.29. The predicted molar refractivity (Wildman–Crippen MR) is 83.0 cm³/mol. The highest BCUT2D eigenvalue weighted by atomic mass is 14.8. The lowest BCUT2D eigenvalue weighted by Gasteiger charge is -2.05. The zero-order valence-electron chi connectivity index (χ0n) is 12.0. The molecule has 0 spiro atoms. The van der Waals surface area contributed by atoms with Gasteiger partial charge in [0.05, 0.1) is 0 Å². The molecule has 0 amide bonds. The number of nitrogens with zero attached hydrogens (tertiary/aromatic N) is 1. The molecule has 0 bridgehead atoms. The van der Waals surface area contributed by atoms with E-state index in [0.717, 1.165) is 29.0 Å². The minimum atomic E-state index is 0.805. The van der Waals surface area contributed by atoms with Crippen LogP contribution in [0.3, 0.4) is 0 Å². The first-order valence-corrected chi connectivity index (χ1v) is 6.07. The second-order valence-corrected chi connectivity index (χ2v) is 3.90. The van der Waals surface area contributed by atoms with Crippen LogP contribution in [0, 0.1) is 0 Å². The number of aliphatic imine (C=N–C) groups is 1. The average Bonchev–Trinajstić information content (AvgIpc) is 2.38. The summed E-state index contributed by atoms with van der Waals surface area (Å²) in [5.41, 5.74) is 4.35. The SMILES string of the molecule is C=C\C(=C/C=C(C=C)/C(C)=C(\C)N=CC)CNC. The summed E-state index contributed by atoms with van der Waals surface area (Å²) >= 11 is 0. The van der Waals surface area contributed by atoms with Crippen molar-refractivity contribution in [2.45, 2.75) is 20.8 Å². The third kappa shape index (κ3) is 5.60. The van der Waals surface area contributed by atoms with Crippen LogP contribution in [0.1, 0.15) is 20.8 Å². The number of hydrogen-bond acceptors (Lipinski definition) is 2. The summed E-state index contributed by atoms with van der Waals surface area (Å²) < 4.78 is 0. The zero-order chi connectivity index (χ0) is 14.0. The fraction of sp³-hybridized carbons (Fsp3) is 0.312. The first-order chi connectivity index (χ1) is 8.60. The molecule has 18 heavy (non-hydrogen) atoms. The molecule has 0 aromatic heterocycles. The molecule has 0 saturated heterocycles. The van der Waals surface area contributed by atoms with Crippen molar-refractivity contribution in [3.05, 3.63) is 59.9 Å². The summed E-state index contributed by atoms with van der Waals surface area (Å²) in [5, 5.41) is 3.10. The third-order valence-electron chi connectivity index (χ3n) is 2.64. The van der Waals surface area contributed by atoms with E-state index in [1.807, 2.05) is 45.2 Å². The highest BCUT2D eigenvalue weighted by Crippen LogP contribution is 2.16. The Bertz CT molecular complexity index is 407. The van der Waals surface area contributed by atoms with Gasteiger partial charge in [-0.2, -0.15) is 0 Å². The minimum Gasteiger partial charge on any atom is -0.316 e. The van der Waals surface area contributed by atoms with E-state index in [0.29, 0.717) is 0 Å². The van der Waals surface area contributed by atoms with Crippen LogP contribution in [-0.4, -0.2) is 19.8 Å². The molecule has 0 aliphatic carbocycles. The summed E-state index contributed by atoms with van der Waals surface area (Å²) in [6, 6.07) is 0. The molecule has 0 unspecified atom stereocenters. The standard InChI is InChI=1S/C16H24N2/c1-7-15(12-17-6)10-11-16(8-2)13(4)14(5)18-9-3/h7-11,17H,1-2,12H2,3-6H3/b14-13+,15-10+,16-11+,18-9?. The topological polar surface area (TPSA) is 24.4 Å². The van der Waals surface area contributed by atoms with Gasteiger partial charge < -0.3 is 5.32 Å². The van der Waals surface area contributed by atoms with E-state index in [-0.39, 0.29) is 0 Å². The van der Waals surface area contributed by atoms with Crippen LogP contribution in [0.4, 0.5) is 0 Å². The van der Waals surface area contributed by atoms with Crippen LogP contribution >= 0.6 is 0 Å². The lowest BCUT2D eigenvalue weighted by molar-refractivity contribution is 0.896. The monoisotopic (exact) mass is 244 g/mol. The number of nitrogens with one attached hydrogen (secondary N) is 1. The van der Waals surface area contributed by atoms with Crippen molar-refractivity contribution in [2.24, 2.45) is 4.99 Å². The second kappa shape index (κ2) is 9.37. The third-order valence-corrected chi connectivity index (χ3v) is 2.64. The molecule has 0 rings (SSSR count). The van der Waals surface area contributed by atoms with Gasteiger partial charge in [-0.05, 0) is 44.5 Å². The molecular weight excluding hydrogens is 220 g/mol. The van der Waals surface area contributed by atoms with Gasteiger partial charge in [0, 0.05) is 18.5 Å². The molecule has 0 aromatic carbocycles. The fourth-order valence-corrected chi connectivity index (χ4v) is 1.45. The van der Waals surface area contributed by atoms with Crippen molar-refractivity contribution in [2.75, 3.05) is 13.6 Å². The molecule has 0 atom stereocenters. The lowest BCUT2D eigenvalue weighted by atomic mass is 10.0. The Labute approximate surface area is 111 Å². The number of likely N-dealkylation sites (N-methyl/N-ethyl adjacent to an activating group) is 1. The van der Waals surface area contributed by atoms with E-state index in [1.165, 1.54) is 0 Å². The van der Waals surface area contributed by atoms with Gasteiger partial charge in [0.15, 0.2) is 0 Å². The Kier molecular flexibility index (Phi) is 8.50. The molecule has 0 aliphatic heterocycles. The smallest absolute Gasteiger partial charge is 0.0403 e. The number of rotatable bonds is 7. The van der Waals surface area contributed by atoms with Gasteiger partial charge in [0.2, 0.25) is 0 Å². The first kappa shape index (κ1) is 16.3. The summed E-state index contributed by atoms with van der Waals surface area (Å²) in [6.07, 6.45) is 9.59. The highest BCUT2D eigenvalue weighted by molar-refractivity contribution is 5.56. The van der Waals surface area contributed by atoms with E-state index < -0.39 is 0 Å². The van der Waals surface area contributed by atoms with E-state index in [2.05, 4.69) is 30.4 Å². The van der Waals surface area contributed by atoms with E-state index >= 15 is 0 Å². The Balaban J connectivity index is 5.26. The Morgan fingerprint density at radius 3 is 2.28 bits per heavy atom. The largest absolute Gasteiger partial charge is 0.316 e. The van der Waals surface area contributed by atoms with Gasteiger partial charge in [0.25, 0.3) is 0 Å². The summed E-state index contributed by atoms with van der Waals surface area (Å²) in [6.45, 7) is 14.4. The van der Waals surface area contributed by atoms with Gasteiger partial charge >= 0.3 is 0 Å². The summed E-state index contributed by atoms with van der Waals surface area (Å²) in [5.74, 6) is 0. The molecule has 0 fully saturated rings. The number of allylic oxidation sites excluding steroid dienone is 6. The van der Waals surface area contributed by atoms with Gasteiger partial charge in [-0.3, -0.25) is 4.99 Å². The summed E-state index contributed by atoms with van der Waals surface area (Å²) in [4.78, 5) is 4.29. The van der Waals surface area contributed by atoms with E-state index in [9.17, 15) is 0 Å². The van der Waals surface area contributed by atoms with E-state index in [1.54, 1.807) is 6.21 Å². The van der Waals surface area contributed by atoms with Gasteiger partial charge in [-0.25, -0.2) is 0 Å². The normalized spacial score (nSPS) is 14.7. The van der Waals surface area contributed by atoms with Crippen molar-refractivity contribution in [1.29, 1.82) is 0 Å². The van der Waals surface area contributed by atoms with E-state index in [4.69, 9.17) is 0 Å². The van der Waals surface area contributed by atoms with Crippen LogP contribution in [0.5, 0.6) is 0 Å². The van der Waals surface area contributed by atoms with Crippen LogP contribution < -0.4 is 5.32 Å². The second-order valence-electron chi connectivity index (χ2n) is 3.90. The fourth-order valence-electron chi connectivity index (χ4n) is 1.45. The average molecular weight is 244 g/mol. The molecule has 1 N–H and O–H groups in total. The highest BCUT2D eigenvalue weighted by Gasteiger charge is 1.98. The maximum atomic E-state index is 4.29. The minimum absolute atomic E-state index is 0.805. The Morgan fingerprint density at radius 2 is 1.83 bits per heavy atom. The molecule has 0 saturated carbocycles. The molecule has 0 heterocycles. The summed E-state index contributed by atoms with van der Waals surface area (Å²) in [7, 11) is 1.92. The van der Waals surface area contributed by atoms with Crippen LogP contribution in [0.15, 0.2) is 64.9 Å². The van der Waals surface area contributed by atoms with Crippen molar-refractivity contribution >= 4 is 6.21 Å². The molecule has 2 heteroatoms. The van der Waals surface area contributed by atoms with Crippen molar-refractivity contribution < 1.29 is 0 Å². The Hall–Kier alpha value is -1.67. The molecule has 0 aromatic rings. The molecule has 0 radical (unpaired) electrons. The first-order valence-electron chi connectivity index (χ1n) is 6.07.